The maximum Gasteiger partial charge on any atom is 0.387 e. The molecule has 12 heteroatoms. The average molecular weight is 515 g/mol. The number of alkyl halides is 2. The number of anilines is 2. The van der Waals surface area contributed by atoms with E-state index < -0.39 is 6.61 Å². The molecule has 0 radical (unpaired) electrons. The number of hydrogen-bond acceptors (Lipinski definition) is 7. The Morgan fingerprint density at radius 3 is 2.68 bits per heavy atom. The third-order valence-corrected chi connectivity index (χ3v) is 6.54. The Morgan fingerprint density at radius 2 is 2.03 bits per heavy atom. The fourth-order valence-electron chi connectivity index (χ4n) is 4.18. The Kier molecular flexibility index (Phi) is 7.90. The van der Waals surface area contributed by atoms with E-state index in [-0.39, 0.29) is 29.6 Å². The lowest BCUT2D eigenvalue weighted by atomic mass is 10.1. The van der Waals surface area contributed by atoms with Crippen molar-refractivity contribution in [3.8, 4) is 5.75 Å². The van der Waals surface area contributed by atoms with Gasteiger partial charge in [-0.3, -0.25) is 4.79 Å². The van der Waals surface area contributed by atoms with Crippen molar-refractivity contribution in [3.05, 3.63) is 40.0 Å². The number of benzene rings is 1. The first-order chi connectivity index (χ1) is 16.3. The molecule has 0 spiro atoms. The number of ether oxygens (including phenoxy) is 1. The number of hydrogen-bond donors (Lipinski definition) is 2. The third-order valence-electron chi connectivity index (χ3n) is 5.97. The van der Waals surface area contributed by atoms with Gasteiger partial charge in [0, 0.05) is 36.2 Å². The van der Waals surface area contributed by atoms with Gasteiger partial charge in [-0.25, -0.2) is 4.98 Å². The summed E-state index contributed by atoms with van der Waals surface area (Å²) in [5.41, 5.74) is 0.724. The summed E-state index contributed by atoms with van der Waals surface area (Å²) < 4.78 is 30.6. The average Bonchev–Trinajstić information content (AvgIpc) is 3.34. The van der Waals surface area contributed by atoms with Gasteiger partial charge in [-0.1, -0.05) is 29.3 Å². The first-order valence-electron chi connectivity index (χ1n) is 11.1. The van der Waals surface area contributed by atoms with Crippen LogP contribution in [0, 0.1) is 0 Å². The van der Waals surface area contributed by atoms with Crippen molar-refractivity contribution in [2.45, 2.75) is 38.5 Å². The molecule has 3 heterocycles. The molecule has 2 aromatic rings. The number of halogens is 4. The second kappa shape index (κ2) is 10.9. The molecule has 1 aromatic carbocycles. The lowest BCUT2D eigenvalue weighted by Crippen LogP contribution is -2.53. The van der Waals surface area contributed by atoms with Crippen LogP contribution in [-0.2, 0) is 4.79 Å². The molecule has 184 valence electrons. The van der Waals surface area contributed by atoms with E-state index in [9.17, 15) is 13.6 Å². The Bertz CT molecular complexity index is 1020. The zero-order valence-electron chi connectivity index (χ0n) is 18.6. The standard InChI is InChI=1S/C22H26Cl2F2N6O2/c1-13(15-5-4-14(23)11-16(15)24)29-19-18(34-21(25)26)12-28-22(30-19)32-9-7-31(8-10-32)20(33)17-3-2-6-27-17/h4-5,11-13,17,21,27H,2-3,6-10H2,1H3,(H,28,29,30)/t13-,17-/m1/s1. The molecule has 2 aliphatic rings. The van der Waals surface area contributed by atoms with Crippen LogP contribution in [0.25, 0.3) is 0 Å². The third kappa shape index (κ3) is 5.79. The van der Waals surface area contributed by atoms with Gasteiger partial charge in [0.15, 0.2) is 11.6 Å². The molecular weight excluding hydrogens is 489 g/mol. The van der Waals surface area contributed by atoms with Crippen molar-refractivity contribution in [3.63, 3.8) is 0 Å². The Labute approximate surface area is 206 Å². The summed E-state index contributed by atoms with van der Waals surface area (Å²) in [4.78, 5) is 25.1. The van der Waals surface area contributed by atoms with Crippen LogP contribution < -0.4 is 20.3 Å². The van der Waals surface area contributed by atoms with Gasteiger partial charge in [0.05, 0.1) is 18.3 Å². The Morgan fingerprint density at radius 1 is 1.26 bits per heavy atom. The van der Waals surface area contributed by atoms with Crippen molar-refractivity contribution in [1.82, 2.24) is 20.2 Å². The lowest BCUT2D eigenvalue weighted by molar-refractivity contribution is -0.133. The minimum Gasteiger partial charge on any atom is -0.429 e. The number of piperazine rings is 1. The highest BCUT2D eigenvalue weighted by atomic mass is 35.5. The van der Waals surface area contributed by atoms with Crippen molar-refractivity contribution in [1.29, 1.82) is 0 Å². The topological polar surface area (TPSA) is 82.6 Å². The quantitative estimate of drug-likeness (QED) is 0.578. The minimum atomic E-state index is -3.02. The highest BCUT2D eigenvalue weighted by Gasteiger charge is 2.30. The predicted molar refractivity (Wildman–Crippen MR) is 127 cm³/mol. The van der Waals surface area contributed by atoms with E-state index in [2.05, 4.69) is 25.3 Å². The minimum absolute atomic E-state index is 0.106. The second-order valence-corrected chi connectivity index (χ2v) is 9.10. The van der Waals surface area contributed by atoms with Crippen LogP contribution in [0.5, 0.6) is 5.75 Å². The summed E-state index contributed by atoms with van der Waals surface area (Å²) in [5.74, 6) is 0.439. The van der Waals surface area contributed by atoms with Gasteiger partial charge in [-0.2, -0.15) is 13.8 Å². The zero-order chi connectivity index (χ0) is 24.2. The van der Waals surface area contributed by atoms with Crippen LogP contribution in [0.4, 0.5) is 20.5 Å². The first kappa shape index (κ1) is 24.7. The lowest BCUT2D eigenvalue weighted by Gasteiger charge is -2.36. The molecule has 0 aliphatic carbocycles. The first-order valence-corrected chi connectivity index (χ1v) is 11.9. The van der Waals surface area contributed by atoms with Gasteiger partial charge in [0.25, 0.3) is 0 Å². The van der Waals surface area contributed by atoms with Crippen molar-refractivity contribution < 1.29 is 18.3 Å². The molecule has 2 aliphatic heterocycles. The highest BCUT2D eigenvalue weighted by molar-refractivity contribution is 6.35. The predicted octanol–water partition coefficient (Wildman–Crippen LogP) is 3.96. The molecule has 0 bridgehead atoms. The van der Waals surface area contributed by atoms with Crippen molar-refractivity contribution >= 4 is 40.9 Å². The fourth-order valence-corrected chi connectivity index (χ4v) is 4.75. The van der Waals surface area contributed by atoms with Gasteiger partial charge in [-0.05, 0) is 44.0 Å². The molecule has 4 rings (SSSR count). The molecule has 1 amide bonds. The largest absolute Gasteiger partial charge is 0.429 e. The summed E-state index contributed by atoms with van der Waals surface area (Å²) in [6.07, 6.45) is 3.10. The van der Waals surface area contributed by atoms with Crippen LogP contribution in [0.15, 0.2) is 24.4 Å². The molecule has 2 saturated heterocycles. The second-order valence-electron chi connectivity index (χ2n) is 8.25. The molecule has 2 fully saturated rings. The number of nitrogens with zero attached hydrogens (tertiary/aromatic N) is 4. The summed E-state index contributed by atoms with van der Waals surface area (Å²) in [5, 5.41) is 7.27. The number of nitrogens with one attached hydrogen (secondary N) is 2. The highest BCUT2D eigenvalue weighted by Crippen LogP contribution is 2.32. The number of carbonyl (C=O) groups excluding carboxylic acids is 1. The van der Waals surface area contributed by atoms with E-state index in [0.29, 0.717) is 42.2 Å². The SMILES string of the molecule is C[C@@H](Nc1nc(N2CCN(C(=O)[C@H]3CCCN3)CC2)ncc1OC(F)F)c1ccc(Cl)cc1Cl. The maximum atomic E-state index is 13.0. The molecule has 2 atom stereocenters. The van der Waals surface area contributed by atoms with E-state index >= 15 is 0 Å². The Hall–Kier alpha value is -2.43. The normalized spacial score (nSPS) is 19.4. The van der Waals surface area contributed by atoms with Gasteiger partial charge in [0.2, 0.25) is 11.9 Å². The van der Waals surface area contributed by atoms with Crippen LogP contribution in [0.3, 0.4) is 0 Å². The molecular formula is C22H26Cl2F2N6O2. The Balaban J connectivity index is 1.48. The number of amides is 1. The zero-order valence-corrected chi connectivity index (χ0v) is 20.1. The number of carbonyl (C=O) groups is 1. The number of aromatic nitrogens is 2. The van der Waals surface area contributed by atoms with Gasteiger partial charge >= 0.3 is 6.61 Å². The van der Waals surface area contributed by atoms with E-state index in [1.165, 1.54) is 6.20 Å². The molecule has 0 unspecified atom stereocenters. The fraction of sp³-hybridized carbons (Fsp3) is 0.500. The smallest absolute Gasteiger partial charge is 0.387 e. The van der Waals surface area contributed by atoms with E-state index in [4.69, 9.17) is 23.2 Å². The summed E-state index contributed by atoms with van der Waals surface area (Å²) in [6.45, 7) is 1.81. The molecule has 1 aromatic heterocycles. The summed E-state index contributed by atoms with van der Waals surface area (Å²) >= 11 is 12.3. The van der Waals surface area contributed by atoms with E-state index in [1.807, 2.05) is 16.7 Å². The summed E-state index contributed by atoms with van der Waals surface area (Å²) in [7, 11) is 0. The van der Waals surface area contributed by atoms with Crippen molar-refractivity contribution in [2.75, 3.05) is 42.9 Å². The maximum absolute atomic E-state index is 13.0. The molecule has 34 heavy (non-hydrogen) atoms. The van der Waals surface area contributed by atoms with Crippen LogP contribution in [0.2, 0.25) is 10.0 Å². The van der Waals surface area contributed by atoms with E-state index in [1.54, 1.807) is 18.2 Å². The van der Waals surface area contributed by atoms with Crippen molar-refractivity contribution in [2.24, 2.45) is 0 Å². The van der Waals surface area contributed by atoms with Crippen LogP contribution in [-0.4, -0.2) is 66.2 Å². The van der Waals surface area contributed by atoms with Crippen LogP contribution >= 0.6 is 23.2 Å². The molecule has 2 N–H and O–H groups in total. The summed E-state index contributed by atoms with van der Waals surface area (Å²) in [6, 6.07) is 4.59. The van der Waals surface area contributed by atoms with Gasteiger partial charge < -0.3 is 25.2 Å². The van der Waals surface area contributed by atoms with Gasteiger partial charge in [-0.15, -0.1) is 0 Å². The van der Waals surface area contributed by atoms with E-state index in [0.717, 1.165) is 24.9 Å². The van der Waals surface area contributed by atoms with Crippen LogP contribution in [0.1, 0.15) is 31.4 Å². The molecule has 0 saturated carbocycles. The van der Waals surface area contributed by atoms with Gasteiger partial charge in [0.1, 0.15) is 0 Å². The molecule has 8 nitrogen and oxygen atoms in total. The number of rotatable bonds is 7. The monoisotopic (exact) mass is 514 g/mol.